The standard InChI is InChI=1S/C13H16ClFN2O2/c14-11-6-10(3-4-12(11)15)19-8-13(18)17-9-2-1-5-16-7-9/h3-4,6,9,16H,1-2,5,7-8H2,(H,17,18). The first-order valence-corrected chi connectivity index (χ1v) is 6.61. The molecule has 1 heterocycles. The largest absolute Gasteiger partial charge is 0.484 e. The van der Waals surface area contributed by atoms with Gasteiger partial charge < -0.3 is 15.4 Å². The van der Waals surface area contributed by atoms with E-state index < -0.39 is 5.82 Å². The lowest BCUT2D eigenvalue weighted by Crippen LogP contribution is -2.46. The predicted molar refractivity (Wildman–Crippen MR) is 70.9 cm³/mol. The number of amides is 1. The average Bonchev–Trinajstić information content (AvgIpc) is 2.41. The SMILES string of the molecule is O=C(COc1ccc(F)c(Cl)c1)NC1CCCNC1. The first kappa shape index (κ1) is 14.1. The molecule has 1 unspecified atom stereocenters. The van der Waals surface area contributed by atoms with Gasteiger partial charge >= 0.3 is 0 Å². The number of carbonyl (C=O) groups is 1. The van der Waals surface area contributed by atoms with Crippen molar-refractivity contribution in [2.45, 2.75) is 18.9 Å². The first-order valence-electron chi connectivity index (χ1n) is 6.23. The molecule has 0 radical (unpaired) electrons. The summed E-state index contributed by atoms with van der Waals surface area (Å²) >= 11 is 5.62. The van der Waals surface area contributed by atoms with Gasteiger partial charge in [0.2, 0.25) is 0 Å². The Hall–Kier alpha value is -1.33. The molecular weight excluding hydrogens is 271 g/mol. The lowest BCUT2D eigenvalue weighted by molar-refractivity contribution is -0.123. The maximum absolute atomic E-state index is 12.9. The van der Waals surface area contributed by atoms with Gasteiger partial charge in [0.25, 0.3) is 5.91 Å². The number of rotatable bonds is 4. The van der Waals surface area contributed by atoms with Crippen molar-refractivity contribution in [2.24, 2.45) is 0 Å². The second-order valence-electron chi connectivity index (χ2n) is 4.48. The molecule has 2 rings (SSSR count). The van der Waals surface area contributed by atoms with Crippen molar-refractivity contribution in [1.82, 2.24) is 10.6 Å². The monoisotopic (exact) mass is 286 g/mol. The molecule has 1 aromatic rings. The summed E-state index contributed by atoms with van der Waals surface area (Å²) in [7, 11) is 0. The molecule has 19 heavy (non-hydrogen) atoms. The van der Waals surface area contributed by atoms with E-state index in [-0.39, 0.29) is 23.6 Å². The predicted octanol–water partition coefficient (Wildman–Crippen LogP) is 1.73. The van der Waals surface area contributed by atoms with Gasteiger partial charge in [-0.3, -0.25) is 4.79 Å². The Labute approximate surface area is 116 Å². The van der Waals surface area contributed by atoms with Crippen LogP contribution >= 0.6 is 11.6 Å². The van der Waals surface area contributed by atoms with E-state index in [2.05, 4.69) is 10.6 Å². The summed E-state index contributed by atoms with van der Waals surface area (Å²) in [5.41, 5.74) is 0. The molecule has 104 valence electrons. The fourth-order valence-corrected chi connectivity index (χ4v) is 2.13. The lowest BCUT2D eigenvalue weighted by atomic mass is 10.1. The number of piperidine rings is 1. The van der Waals surface area contributed by atoms with E-state index in [4.69, 9.17) is 16.3 Å². The zero-order valence-electron chi connectivity index (χ0n) is 10.4. The van der Waals surface area contributed by atoms with Crippen LogP contribution in [0.5, 0.6) is 5.75 Å². The molecule has 2 N–H and O–H groups in total. The molecule has 0 saturated carbocycles. The minimum Gasteiger partial charge on any atom is -0.484 e. The number of carbonyl (C=O) groups excluding carboxylic acids is 1. The van der Waals surface area contributed by atoms with Crippen LogP contribution in [0.1, 0.15) is 12.8 Å². The van der Waals surface area contributed by atoms with Gasteiger partial charge in [-0.2, -0.15) is 0 Å². The van der Waals surface area contributed by atoms with E-state index in [1.54, 1.807) is 0 Å². The van der Waals surface area contributed by atoms with Gasteiger partial charge in [0.1, 0.15) is 11.6 Å². The van der Waals surface area contributed by atoms with E-state index in [1.165, 1.54) is 18.2 Å². The van der Waals surface area contributed by atoms with Gasteiger partial charge in [-0.05, 0) is 31.5 Å². The topological polar surface area (TPSA) is 50.4 Å². The molecule has 1 aromatic carbocycles. The molecule has 1 amide bonds. The van der Waals surface area contributed by atoms with Crippen LogP contribution in [0.15, 0.2) is 18.2 Å². The van der Waals surface area contributed by atoms with Crippen molar-refractivity contribution in [3.05, 3.63) is 29.0 Å². The van der Waals surface area contributed by atoms with Gasteiger partial charge in [-0.1, -0.05) is 11.6 Å². The number of nitrogens with one attached hydrogen (secondary N) is 2. The molecule has 1 aliphatic rings. The van der Waals surface area contributed by atoms with Gasteiger partial charge in [0, 0.05) is 18.7 Å². The van der Waals surface area contributed by atoms with Crippen LogP contribution in [0.25, 0.3) is 0 Å². The molecule has 4 nitrogen and oxygen atoms in total. The highest BCUT2D eigenvalue weighted by Crippen LogP contribution is 2.20. The summed E-state index contributed by atoms with van der Waals surface area (Å²) in [4.78, 5) is 11.7. The van der Waals surface area contributed by atoms with Crippen molar-refractivity contribution >= 4 is 17.5 Å². The van der Waals surface area contributed by atoms with E-state index in [9.17, 15) is 9.18 Å². The third kappa shape index (κ3) is 4.36. The van der Waals surface area contributed by atoms with Crippen molar-refractivity contribution in [3.63, 3.8) is 0 Å². The third-order valence-corrected chi connectivity index (χ3v) is 3.21. The minimum atomic E-state index is -0.508. The molecule has 1 saturated heterocycles. The van der Waals surface area contributed by atoms with E-state index in [0.29, 0.717) is 5.75 Å². The number of halogens is 2. The summed E-state index contributed by atoms with van der Waals surface area (Å²) < 4.78 is 18.2. The number of ether oxygens (including phenoxy) is 1. The highest BCUT2D eigenvalue weighted by molar-refractivity contribution is 6.30. The van der Waals surface area contributed by atoms with Crippen LogP contribution in [0, 0.1) is 5.82 Å². The molecule has 1 fully saturated rings. The van der Waals surface area contributed by atoms with Crippen molar-refractivity contribution in [3.8, 4) is 5.75 Å². The van der Waals surface area contributed by atoms with Crippen molar-refractivity contribution < 1.29 is 13.9 Å². The summed E-state index contributed by atoms with van der Waals surface area (Å²) in [5, 5.41) is 6.08. The summed E-state index contributed by atoms with van der Waals surface area (Å²) in [5.74, 6) is -0.316. The second-order valence-corrected chi connectivity index (χ2v) is 4.88. The van der Waals surface area contributed by atoms with Gasteiger partial charge in [-0.25, -0.2) is 4.39 Å². The maximum Gasteiger partial charge on any atom is 0.258 e. The number of hydrogen-bond donors (Lipinski definition) is 2. The Morgan fingerprint density at radius 2 is 2.42 bits per heavy atom. The van der Waals surface area contributed by atoms with Crippen LogP contribution < -0.4 is 15.4 Å². The van der Waals surface area contributed by atoms with Crippen LogP contribution in [-0.2, 0) is 4.79 Å². The molecule has 0 aromatic heterocycles. The smallest absolute Gasteiger partial charge is 0.258 e. The second kappa shape index (κ2) is 6.73. The van der Waals surface area contributed by atoms with Gasteiger partial charge in [0.05, 0.1) is 5.02 Å². The molecule has 0 spiro atoms. The van der Waals surface area contributed by atoms with Crippen LogP contribution in [0.3, 0.4) is 0 Å². The molecule has 0 bridgehead atoms. The molecule has 6 heteroatoms. The fourth-order valence-electron chi connectivity index (χ4n) is 1.96. The summed E-state index contributed by atoms with van der Waals surface area (Å²) in [6.45, 7) is 1.68. The van der Waals surface area contributed by atoms with Gasteiger partial charge in [-0.15, -0.1) is 0 Å². The Kier molecular flexibility index (Phi) is 4.99. The summed E-state index contributed by atoms with van der Waals surface area (Å²) in [6.07, 6.45) is 2.03. The van der Waals surface area contributed by atoms with Gasteiger partial charge in [0.15, 0.2) is 6.61 Å². The zero-order chi connectivity index (χ0) is 13.7. The number of benzene rings is 1. The Balaban J connectivity index is 1.77. The van der Waals surface area contributed by atoms with Crippen molar-refractivity contribution in [2.75, 3.05) is 19.7 Å². The maximum atomic E-state index is 12.9. The normalized spacial score (nSPS) is 18.9. The molecular formula is C13H16ClFN2O2. The van der Waals surface area contributed by atoms with Crippen molar-refractivity contribution in [1.29, 1.82) is 0 Å². The zero-order valence-corrected chi connectivity index (χ0v) is 11.2. The van der Waals surface area contributed by atoms with Crippen LogP contribution in [-0.4, -0.2) is 31.6 Å². The fraction of sp³-hybridized carbons (Fsp3) is 0.462. The quantitative estimate of drug-likeness (QED) is 0.886. The highest BCUT2D eigenvalue weighted by Gasteiger charge is 2.15. The number of hydrogen-bond acceptors (Lipinski definition) is 3. The Morgan fingerprint density at radius 3 is 3.11 bits per heavy atom. The first-order chi connectivity index (χ1) is 9.15. The van der Waals surface area contributed by atoms with E-state index >= 15 is 0 Å². The molecule has 0 aliphatic carbocycles. The van der Waals surface area contributed by atoms with E-state index in [0.717, 1.165) is 25.9 Å². The minimum absolute atomic E-state index is 0.0191. The Morgan fingerprint density at radius 1 is 1.58 bits per heavy atom. The van der Waals surface area contributed by atoms with Crippen LogP contribution in [0.4, 0.5) is 4.39 Å². The molecule has 1 aliphatic heterocycles. The average molecular weight is 287 g/mol. The highest BCUT2D eigenvalue weighted by atomic mass is 35.5. The third-order valence-electron chi connectivity index (χ3n) is 2.92. The van der Waals surface area contributed by atoms with E-state index in [1.807, 2.05) is 0 Å². The Bertz CT molecular complexity index is 450. The molecule has 1 atom stereocenters. The lowest BCUT2D eigenvalue weighted by Gasteiger charge is -2.23. The summed E-state index contributed by atoms with van der Waals surface area (Å²) in [6, 6.07) is 4.16. The van der Waals surface area contributed by atoms with Crippen LogP contribution in [0.2, 0.25) is 5.02 Å².